The van der Waals surface area contributed by atoms with Gasteiger partial charge in [0, 0.05) is 43.8 Å². The van der Waals surface area contributed by atoms with Crippen molar-refractivity contribution in [3.05, 3.63) is 35.9 Å². The first kappa shape index (κ1) is 21.8. The number of allylic oxidation sites excluding steroid dienone is 1. The Hall–Kier alpha value is -2.01. The van der Waals surface area contributed by atoms with Gasteiger partial charge in [0.25, 0.3) is 0 Å². The molecule has 174 valence electrons. The van der Waals surface area contributed by atoms with Crippen molar-refractivity contribution in [3.8, 4) is 5.75 Å². The predicted molar refractivity (Wildman–Crippen MR) is 127 cm³/mol. The molecule has 3 fully saturated rings. The van der Waals surface area contributed by atoms with Crippen LogP contribution in [0.15, 0.2) is 35.9 Å². The number of benzene rings is 1. The van der Waals surface area contributed by atoms with Gasteiger partial charge in [-0.3, -0.25) is 9.69 Å². The van der Waals surface area contributed by atoms with Crippen molar-refractivity contribution in [1.82, 2.24) is 4.90 Å². The standard InChI is InChI=1S/C27H38N2O3/c1-18-6-5-11-27(3)15-25-22(14-24(18)27)23(26(30)32-25)17-28-12-13-29(19(2)16-28)20-7-9-21(31-4)10-8-20/h7-10,14,18-19,22-23,25H,5-6,11-13,15-17H2,1-4H3/t18-,19-,22+,23-,25+,27+/m0/s1. The van der Waals surface area contributed by atoms with Crippen LogP contribution in [-0.2, 0) is 9.53 Å². The van der Waals surface area contributed by atoms with Crippen molar-refractivity contribution >= 4 is 11.7 Å². The fraction of sp³-hybridized carbons (Fsp3) is 0.667. The molecule has 0 N–H and O–H groups in total. The third-order valence-electron chi connectivity index (χ3n) is 8.65. The third kappa shape index (κ3) is 3.83. The van der Waals surface area contributed by atoms with Crippen LogP contribution >= 0.6 is 0 Å². The highest BCUT2D eigenvalue weighted by molar-refractivity contribution is 5.76. The minimum absolute atomic E-state index is 0.0223. The van der Waals surface area contributed by atoms with Gasteiger partial charge in [-0.15, -0.1) is 0 Å². The van der Waals surface area contributed by atoms with E-state index in [-0.39, 0.29) is 29.3 Å². The quantitative estimate of drug-likeness (QED) is 0.511. The molecule has 5 nitrogen and oxygen atoms in total. The van der Waals surface area contributed by atoms with Gasteiger partial charge in [-0.2, -0.15) is 0 Å². The highest BCUT2D eigenvalue weighted by Gasteiger charge is 2.52. The van der Waals surface area contributed by atoms with Crippen LogP contribution in [0.3, 0.4) is 0 Å². The lowest BCUT2D eigenvalue weighted by atomic mass is 9.59. The molecule has 1 saturated carbocycles. The minimum atomic E-state index is -0.0223. The number of nitrogens with zero attached hydrogens (tertiary/aromatic N) is 2. The number of esters is 1. The summed E-state index contributed by atoms with van der Waals surface area (Å²) in [6.07, 6.45) is 7.37. The Kier molecular flexibility index (Phi) is 5.73. The van der Waals surface area contributed by atoms with Crippen molar-refractivity contribution in [1.29, 1.82) is 0 Å². The number of methoxy groups -OCH3 is 1. The zero-order valence-electron chi connectivity index (χ0n) is 20.0. The van der Waals surface area contributed by atoms with Gasteiger partial charge in [-0.25, -0.2) is 0 Å². The van der Waals surface area contributed by atoms with Crippen molar-refractivity contribution in [3.63, 3.8) is 0 Å². The Balaban J connectivity index is 1.27. The number of hydrogen-bond donors (Lipinski definition) is 0. The topological polar surface area (TPSA) is 42.0 Å². The Morgan fingerprint density at radius 1 is 1.19 bits per heavy atom. The molecule has 2 aliphatic heterocycles. The number of fused-ring (bicyclic) bond motifs is 2. The molecule has 0 bridgehead atoms. The molecular weight excluding hydrogens is 400 g/mol. The number of hydrogen-bond acceptors (Lipinski definition) is 5. The summed E-state index contributed by atoms with van der Waals surface area (Å²) in [4.78, 5) is 17.9. The Labute approximate surface area is 192 Å². The van der Waals surface area contributed by atoms with Crippen LogP contribution < -0.4 is 9.64 Å². The Morgan fingerprint density at radius 3 is 2.69 bits per heavy atom. The van der Waals surface area contributed by atoms with E-state index in [0.717, 1.165) is 38.3 Å². The van der Waals surface area contributed by atoms with Crippen molar-refractivity contribution in [2.75, 3.05) is 38.2 Å². The number of carbonyl (C=O) groups excluding carboxylic acids is 1. The fourth-order valence-corrected chi connectivity index (χ4v) is 6.89. The average Bonchev–Trinajstić information content (AvgIpc) is 3.06. The smallest absolute Gasteiger partial charge is 0.311 e. The molecule has 1 aromatic carbocycles. The summed E-state index contributed by atoms with van der Waals surface area (Å²) in [5.41, 5.74) is 3.07. The number of ether oxygens (including phenoxy) is 2. The molecule has 5 rings (SSSR count). The molecule has 0 radical (unpaired) electrons. The molecule has 0 spiro atoms. The fourth-order valence-electron chi connectivity index (χ4n) is 6.89. The van der Waals surface area contributed by atoms with Crippen LogP contribution in [0.25, 0.3) is 0 Å². The maximum Gasteiger partial charge on any atom is 0.311 e. The summed E-state index contributed by atoms with van der Waals surface area (Å²) in [5.74, 6) is 1.78. The summed E-state index contributed by atoms with van der Waals surface area (Å²) in [7, 11) is 1.70. The maximum atomic E-state index is 12.9. The summed E-state index contributed by atoms with van der Waals surface area (Å²) < 4.78 is 11.3. The monoisotopic (exact) mass is 438 g/mol. The van der Waals surface area contributed by atoms with Crippen LogP contribution in [0.5, 0.6) is 5.75 Å². The molecule has 5 heteroatoms. The summed E-state index contributed by atoms with van der Waals surface area (Å²) in [5, 5.41) is 0. The highest BCUT2D eigenvalue weighted by atomic mass is 16.6. The van der Waals surface area contributed by atoms with Crippen molar-refractivity contribution in [2.24, 2.45) is 23.2 Å². The first-order valence-corrected chi connectivity index (χ1v) is 12.4. The summed E-state index contributed by atoms with van der Waals surface area (Å²) >= 11 is 0. The van der Waals surface area contributed by atoms with E-state index in [1.165, 1.54) is 24.9 Å². The lowest BCUT2D eigenvalue weighted by Gasteiger charge is -2.46. The van der Waals surface area contributed by atoms with E-state index in [1.54, 1.807) is 12.7 Å². The van der Waals surface area contributed by atoms with Gasteiger partial charge in [0.15, 0.2) is 0 Å². The largest absolute Gasteiger partial charge is 0.497 e. The van der Waals surface area contributed by atoms with Gasteiger partial charge in [0.05, 0.1) is 13.0 Å². The lowest BCUT2D eigenvalue weighted by Crippen LogP contribution is -2.53. The van der Waals surface area contributed by atoms with E-state index in [1.807, 2.05) is 12.1 Å². The van der Waals surface area contributed by atoms with Gasteiger partial charge >= 0.3 is 5.97 Å². The second-order valence-corrected chi connectivity index (χ2v) is 10.8. The number of carbonyl (C=O) groups is 1. The second-order valence-electron chi connectivity index (χ2n) is 10.8. The molecule has 6 atom stereocenters. The Bertz CT molecular complexity index is 881. The van der Waals surface area contributed by atoms with Gasteiger partial charge in [0.1, 0.15) is 11.9 Å². The molecular formula is C27H38N2O3. The number of piperazine rings is 1. The van der Waals surface area contributed by atoms with Crippen LogP contribution in [0.2, 0.25) is 0 Å². The average molecular weight is 439 g/mol. The van der Waals surface area contributed by atoms with Crippen molar-refractivity contribution < 1.29 is 14.3 Å². The van der Waals surface area contributed by atoms with E-state index in [4.69, 9.17) is 9.47 Å². The molecule has 4 aliphatic rings. The molecule has 0 unspecified atom stereocenters. The second kappa shape index (κ2) is 8.40. The molecule has 32 heavy (non-hydrogen) atoms. The van der Waals surface area contributed by atoms with E-state index < -0.39 is 0 Å². The Morgan fingerprint density at radius 2 is 1.97 bits per heavy atom. The van der Waals surface area contributed by atoms with Gasteiger partial charge in [0.2, 0.25) is 0 Å². The number of anilines is 1. The molecule has 2 saturated heterocycles. The minimum Gasteiger partial charge on any atom is -0.497 e. The predicted octanol–water partition coefficient (Wildman–Crippen LogP) is 4.52. The normalized spacial score (nSPS) is 37.4. The highest BCUT2D eigenvalue weighted by Crippen LogP contribution is 2.54. The summed E-state index contributed by atoms with van der Waals surface area (Å²) in [6.45, 7) is 10.8. The van der Waals surface area contributed by atoms with Gasteiger partial charge in [-0.05, 0) is 61.8 Å². The molecule has 0 aromatic heterocycles. The zero-order valence-corrected chi connectivity index (χ0v) is 20.0. The van der Waals surface area contributed by atoms with E-state index >= 15 is 0 Å². The summed E-state index contributed by atoms with van der Waals surface area (Å²) in [6, 6.07) is 8.73. The third-order valence-corrected chi connectivity index (χ3v) is 8.65. The van der Waals surface area contributed by atoms with E-state index in [0.29, 0.717) is 12.0 Å². The molecule has 0 amide bonds. The van der Waals surface area contributed by atoms with Gasteiger partial charge in [-0.1, -0.05) is 31.9 Å². The SMILES string of the molecule is COc1ccc(N2CCN(C[C@@H]3C(=O)O[C@@H]4C[C@@]5(C)CCC[C@H](C)C5=C[C@H]34)C[C@@H]2C)cc1. The molecule has 2 heterocycles. The zero-order chi connectivity index (χ0) is 22.5. The molecule has 2 aliphatic carbocycles. The van der Waals surface area contributed by atoms with Crippen LogP contribution in [0, 0.1) is 23.2 Å². The van der Waals surface area contributed by atoms with Crippen LogP contribution in [-0.4, -0.2) is 56.3 Å². The van der Waals surface area contributed by atoms with E-state index in [9.17, 15) is 4.79 Å². The van der Waals surface area contributed by atoms with Crippen LogP contribution in [0.4, 0.5) is 5.69 Å². The first-order chi connectivity index (χ1) is 15.4. The van der Waals surface area contributed by atoms with Crippen molar-refractivity contribution in [2.45, 2.75) is 58.6 Å². The molecule has 1 aromatic rings. The van der Waals surface area contributed by atoms with Crippen LogP contribution in [0.1, 0.15) is 46.5 Å². The first-order valence-electron chi connectivity index (χ1n) is 12.4. The van der Waals surface area contributed by atoms with Gasteiger partial charge < -0.3 is 14.4 Å². The van der Waals surface area contributed by atoms with E-state index in [2.05, 4.69) is 48.8 Å². The number of rotatable bonds is 4. The maximum absolute atomic E-state index is 12.9. The lowest BCUT2D eigenvalue weighted by molar-refractivity contribution is -0.145.